The summed E-state index contributed by atoms with van der Waals surface area (Å²) in [5, 5.41) is 4.27. The molecule has 1 aliphatic heterocycles. The number of carbonyl (C=O) groups is 1. The highest BCUT2D eigenvalue weighted by molar-refractivity contribution is 6.60. The third-order valence-electron chi connectivity index (χ3n) is 7.44. The van der Waals surface area contributed by atoms with E-state index in [1.54, 1.807) is 6.07 Å². The van der Waals surface area contributed by atoms with Gasteiger partial charge in [0.15, 0.2) is 0 Å². The molecule has 2 aliphatic rings. The molecule has 2 fully saturated rings. The monoisotopic (exact) mass is 480 g/mol. The fourth-order valence-corrected chi connectivity index (χ4v) is 5.34. The lowest BCUT2D eigenvalue weighted by molar-refractivity contribution is -0.115. The van der Waals surface area contributed by atoms with Crippen molar-refractivity contribution in [3.8, 4) is 0 Å². The van der Waals surface area contributed by atoms with Crippen molar-refractivity contribution >= 4 is 24.7 Å². The zero-order valence-corrected chi connectivity index (χ0v) is 20.8. The van der Waals surface area contributed by atoms with Crippen LogP contribution in [0.15, 0.2) is 41.6 Å². The maximum Gasteiger partial charge on any atom is 0.572 e. The van der Waals surface area contributed by atoms with Gasteiger partial charge >= 0.3 is 7.27 Å². The van der Waals surface area contributed by atoms with Gasteiger partial charge in [-0.25, -0.2) is 0 Å². The van der Waals surface area contributed by atoms with Crippen LogP contribution in [0.4, 0.5) is 8.63 Å². The average molecular weight is 480 g/mol. The SMILES string of the molecule is CCc1cc(/C(C)=N/OCc2ccc(C3CCCCC3)c(B(F)F)c2)ccc1CN1CC(C=O)C1. The molecule has 1 saturated carbocycles. The van der Waals surface area contributed by atoms with Gasteiger partial charge in [0.2, 0.25) is 0 Å². The van der Waals surface area contributed by atoms with Crippen LogP contribution in [0.3, 0.4) is 0 Å². The molecule has 0 atom stereocenters. The summed E-state index contributed by atoms with van der Waals surface area (Å²) in [6, 6.07) is 11.7. The van der Waals surface area contributed by atoms with E-state index in [1.165, 1.54) is 17.5 Å². The largest absolute Gasteiger partial charge is 0.572 e. The number of likely N-dealkylation sites (tertiary alicyclic amines) is 1. The molecule has 186 valence electrons. The molecule has 1 aliphatic carbocycles. The third kappa shape index (κ3) is 6.37. The number of hydrogen-bond donors (Lipinski definition) is 0. The normalized spacial score (nSPS) is 17.8. The van der Waals surface area contributed by atoms with Crippen LogP contribution in [-0.4, -0.2) is 37.3 Å². The molecule has 0 bridgehead atoms. The molecule has 0 radical (unpaired) electrons. The number of nitrogens with zero attached hydrogens (tertiary/aromatic N) is 2. The van der Waals surface area contributed by atoms with Gasteiger partial charge in [-0.2, -0.15) is 0 Å². The first kappa shape index (κ1) is 25.6. The molecule has 0 spiro atoms. The first-order valence-corrected chi connectivity index (χ1v) is 12.9. The summed E-state index contributed by atoms with van der Waals surface area (Å²) in [5.74, 6) is 0.414. The number of benzene rings is 2. The van der Waals surface area contributed by atoms with E-state index in [0.29, 0.717) is 5.56 Å². The Labute approximate surface area is 207 Å². The number of aryl methyl sites for hydroxylation is 1. The van der Waals surface area contributed by atoms with E-state index in [-0.39, 0.29) is 23.9 Å². The van der Waals surface area contributed by atoms with Crippen LogP contribution in [0.2, 0.25) is 0 Å². The van der Waals surface area contributed by atoms with Crippen LogP contribution < -0.4 is 5.46 Å². The summed E-state index contributed by atoms with van der Waals surface area (Å²) in [4.78, 5) is 18.7. The van der Waals surface area contributed by atoms with E-state index in [1.807, 2.05) is 25.1 Å². The van der Waals surface area contributed by atoms with Gasteiger partial charge in [-0.05, 0) is 71.5 Å². The van der Waals surface area contributed by atoms with E-state index in [9.17, 15) is 13.4 Å². The summed E-state index contributed by atoms with van der Waals surface area (Å²) in [6.07, 6.45) is 7.37. The highest BCUT2D eigenvalue weighted by atomic mass is 19.2. The average Bonchev–Trinajstić information content (AvgIpc) is 2.86. The minimum atomic E-state index is -2.48. The van der Waals surface area contributed by atoms with Crippen molar-refractivity contribution in [1.82, 2.24) is 4.90 Å². The summed E-state index contributed by atoms with van der Waals surface area (Å²) >= 11 is 0. The lowest BCUT2D eigenvalue weighted by Gasteiger charge is -2.36. The van der Waals surface area contributed by atoms with Crippen LogP contribution in [0.1, 0.15) is 79.7 Å². The number of hydrogen-bond acceptors (Lipinski definition) is 4. The molecular weight excluding hydrogens is 445 g/mol. The minimum absolute atomic E-state index is 0.142. The molecule has 0 N–H and O–H groups in total. The van der Waals surface area contributed by atoms with Crippen molar-refractivity contribution in [3.63, 3.8) is 0 Å². The van der Waals surface area contributed by atoms with Crippen LogP contribution in [0, 0.1) is 5.92 Å². The quantitative estimate of drug-likeness (QED) is 0.195. The first-order chi connectivity index (χ1) is 17.0. The Morgan fingerprint density at radius 3 is 2.57 bits per heavy atom. The molecule has 4 nitrogen and oxygen atoms in total. The van der Waals surface area contributed by atoms with E-state index >= 15 is 0 Å². The van der Waals surface area contributed by atoms with Gasteiger partial charge in [0.25, 0.3) is 0 Å². The second-order valence-corrected chi connectivity index (χ2v) is 9.98. The summed E-state index contributed by atoms with van der Waals surface area (Å²) in [7, 11) is -2.48. The second-order valence-electron chi connectivity index (χ2n) is 9.98. The Morgan fingerprint density at radius 1 is 1.11 bits per heavy atom. The predicted molar refractivity (Wildman–Crippen MR) is 138 cm³/mol. The van der Waals surface area contributed by atoms with Crippen LogP contribution in [0.25, 0.3) is 0 Å². The third-order valence-corrected chi connectivity index (χ3v) is 7.44. The minimum Gasteiger partial charge on any atom is -0.391 e. The Morgan fingerprint density at radius 2 is 1.89 bits per heavy atom. The molecule has 7 heteroatoms. The van der Waals surface area contributed by atoms with E-state index in [4.69, 9.17) is 4.84 Å². The highest BCUT2D eigenvalue weighted by Gasteiger charge is 2.27. The maximum atomic E-state index is 13.8. The van der Waals surface area contributed by atoms with Gasteiger partial charge in [0, 0.05) is 25.6 Å². The Kier molecular flexibility index (Phi) is 8.71. The molecule has 0 aromatic heterocycles. The summed E-state index contributed by atoms with van der Waals surface area (Å²) < 4.78 is 27.6. The fraction of sp³-hybridized carbons (Fsp3) is 0.500. The van der Waals surface area contributed by atoms with Gasteiger partial charge in [-0.3, -0.25) is 13.5 Å². The lowest BCUT2D eigenvalue weighted by Crippen LogP contribution is -2.46. The number of carbonyl (C=O) groups excluding carboxylic acids is 1. The topological polar surface area (TPSA) is 41.9 Å². The van der Waals surface area contributed by atoms with Crippen molar-refractivity contribution < 1.29 is 18.3 Å². The molecule has 0 amide bonds. The fourth-order valence-electron chi connectivity index (χ4n) is 5.34. The van der Waals surface area contributed by atoms with Gasteiger partial charge in [0.1, 0.15) is 12.9 Å². The smallest absolute Gasteiger partial charge is 0.391 e. The predicted octanol–water partition coefficient (Wildman–Crippen LogP) is 5.50. The zero-order valence-electron chi connectivity index (χ0n) is 20.8. The number of aldehydes is 1. The number of halogens is 2. The van der Waals surface area contributed by atoms with Crippen molar-refractivity contribution in [2.24, 2.45) is 11.1 Å². The highest BCUT2D eigenvalue weighted by Crippen LogP contribution is 2.32. The van der Waals surface area contributed by atoms with E-state index in [0.717, 1.165) is 74.9 Å². The second kappa shape index (κ2) is 11.9. The van der Waals surface area contributed by atoms with Crippen molar-refractivity contribution in [2.45, 2.75) is 71.4 Å². The summed E-state index contributed by atoms with van der Waals surface area (Å²) in [5.41, 5.74) is 5.92. The standard InChI is InChI=1S/C28H35BF2N2O2/c1-3-23-14-25(10-11-26(23)17-33-15-22(16-33)18-34)20(2)32-35-19-21-9-12-27(28(13-21)29(30)31)24-7-5-4-6-8-24/h9-14,18,22,24H,3-8,15-17,19H2,1-2H3/b32-20+. The van der Waals surface area contributed by atoms with Gasteiger partial charge in [-0.15, -0.1) is 0 Å². The first-order valence-electron chi connectivity index (χ1n) is 12.9. The Balaban J connectivity index is 1.39. The van der Waals surface area contributed by atoms with Gasteiger partial charge in [-0.1, -0.05) is 61.7 Å². The molecule has 35 heavy (non-hydrogen) atoms. The molecule has 2 aromatic carbocycles. The van der Waals surface area contributed by atoms with Crippen LogP contribution >= 0.6 is 0 Å². The molecule has 4 rings (SSSR count). The van der Waals surface area contributed by atoms with Crippen LogP contribution in [-0.2, 0) is 29.2 Å². The van der Waals surface area contributed by atoms with Crippen molar-refractivity contribution in [1.29, 1.82) is 0 Å². The molecule has 1 heterocycles. The molecule has 0 unspecified atom stereocenters. The Bertz CT molecular complexity index is 1050. The van der Waals surface area contributed by atoms with Crippen molar-refractivity contribution in [2.75, 3.05) is 13.1 Å². The summed E-state index contributed by atoms with van der Waals surface area (Å²) in [6.45, 7) is 6.70. The van der Waals surface area contributed by atoms with Crippen LogP contribution in [0.5, 0.6) is 0 Å². The lowest BCUT2D eigenvalue weighted by atomic mass is 9.73. The Hall–Kier alpha value is -2.54. The van der Waals surface area contributed by atoms with E-state index < -0.39 is 7.27 Å². The molecule has 2 aromatic rings. The van der Waals surface area contributed by atoms with Crippen molar-refractivity contribution in [3.05, 3.63) is 64.2 Å². The number of rotatable bonds is 10. The zero-order chi connectivity index (χ0) is 24.8. The van der Waals surface area contributed by atoms with E-state index in [2.05, 4.69) is 29.1 Å². The van der Waals surface area contributed by atoms with Gasteiger partial charge < -0.3 is 9.63 Å². The molecular formula is C28H35BF2N2O2. The van der Waals surface area contributed by atoms with Gasteiger partial charge in [0.05, 0.1) is 5.71 Å². The maximum absolute atomic E-state index is 13.8. The number of oxime groups is 1. The molecule has 1 saturated heterocycles.